The van der Waals surface area contributed by atoms with Crippen LogP contribution in [0.15, 0.2) is 18.3 Å². The molecule has 0 saturated heterocycles. The van der Waals surface area contributed by atoms with E-state index in [0.29, 0.717) is 11.5 Å². The van der Waals surface area contributed by atoms with E-state index in [1.54, 1.807) is 12.3 Å². The molecule has 2 heterocycles. The molecule has 0 fully saturated rings. The fourth-order valence-corrected chi connectivity index (χ4v) is 1.71. The minimum atomic E-state index is 0.384. The van der Waals surface area contributed by atoms with Gasteiger partial charge in [0.25, 0.3) is 0 Å². The first-order chi connectivity index (χ1) is 8.10. The van der Waals surface area contributed by atoms with Crippen LogP contribution in [0, 0.1) is 20.8 Å². The Morgan fingerprint density at radius 1 is 1.12 bits per heavy atom. The van der Waals surface area contributed by atoms with Gasteiger partial charge in [0.1, 0.15) is 11.4 Å². The normalized spacial score (nSPS) is 10.3. The Morgan fingerprint density at radius 3 is 2.53 bits per heavy atom. The van der Waals surface area contributed by atoms with E-state index < -0.39 is 0 Å². The van der Waals surface area contributed by atoms with Crippen molar-refractivity contribution in [1.82, 2.24) is 15.0 Å². The second-order valence-electron chi connectivity index (χ2n) is 4.05. The lowest BCUT2D eigenvalue weighted by atomic mass is 10.1. The smallest absolute Gasteiger partial charge is 0.179 e. The minimum absolute atomic E-state index is 0.384. The molecule has 0 unspecified atom stereocenters. The highest BCUT2D eigenvalue weighted by atomic mass is 16.1. The average Bonchev–Trinajstić information content (AvgIpc) is 2.28. The zero-order valence-corrected chi connectivity index (χ0v) is 10.1. The Hall–Kier alpha value is -2.10. The van der Waals surface area contributed by atoms with Crippen LogP contribution in [0.3, 0.4) is 0 Å². The highest BCUT2D eigenvalue weighted by Crippen LogP contribution is 2.18. The predicted octanol–water partition coefficient (Wildman–Crippen LogP) is 2.28. The van der Waals surface area contributed by atoms with Crippen LogP contribution in [0.2, 0.25) is 0 Å². The molecule has 0 aliphatic rings. The van der Waals surface area contributed by atoms with Crippen molar-refractivity contribution in [3.05, 3.63) is 40.8 Å². The fourth-order valence-electron chi connectivity index (χ4n) is 1.71. The van der Waals surface area contributed by atoms with Gasteiger partial charge in [0.2, 0.25) is 0 Å². The van der Waals surface area contributed by atoms with E-state index in [1.807, 2.05) is 26.8 Å². The van der Waals surface area contributed by atoms with Crippen molar-refractivity contribution in [1.29, 1.82) is 0 Å². The SMILES string of the molecule is Cc1cnc(-c2nc(C)cc(C=O)n2)c(C)c1. The number of pyridine rings is 1. The van der Waals surface area contributed by atoms with Crippen LogP contribution >= 0.6 is 0 Å². The summed E-state index contributed by atoms with van der Waals surface area (Å²) in [5.41, 5.74) is 3.97. The second kappa shape index (κ2) is 4.41. The number of hydrogen-bond acceptors (Lipinski definition) is 4. The molecule has 4 heteroatoms. The van der Waals surface area contributed by atoms with Crippen molar-refractivity contribution in [2.75, 3.05) is 0 Å². The van der Waals surface area contributed by atoms with Crippen molar-refractivity contribution in [2.45, 2.75) is 20.8 Å². The maximum atomic E-state index is 10.8. The molecule has 2 aromatic rings. The molecule has 0 aromatic carbocycles. The Bertz CT molecular complexity index is 579. The van der Waals surface area contributed by atoms with Crippen molar-refractivity contribution < 1.29 is 4.79 Å². The third-order valence-electron chi connectivity index (χ3n) is 2.42. The molecule has 0 amide bonds. The van der Waals surface area contributed by atoms with Crippen molar-refractivity contribution in [3.8, 4) is 11.5 Å². The highest BCUT2D eigenvalue weighted by molar-refractivity contribution is 5.73. The Morgan fingerprint density at radius 2 is 1.88 bits per heavy atom. The van der Waals surface area contributed by atoms with E-state index >= 15 is 0 Å². The van der Waals surface area contributed by atoms with Gasteiger partial charge in [-0.3, -0.25) is 9.78 Å². The summed E-state index contributed by atoms with van der Waals surface area (Å²) < 4.78 is 0. The third-order valence-corrected chi connectivity index (χ3v) is 2.42. The van der Waals surface area contributed by atoms with Gasteiger partial charge in [0, 0.05) is 11.9 Å². The number of aryl methyl sites for hydroxylation is 3. The summed E-state index contributed by atoms with van der Waals surface area (Å²) in [5.74, 6) is 0.504. The molecule has 86 valence electrons. The molecular weight excluding hydrogens is 214 g/mol. The van der Waals surface area contributed by atoms with E-state index in [4.69, 9.17) is 0 Å². The van der Waals surface area contributed by atoms with Crippen molar-refractivity contribution in [2.24, 2.45) is 0 Å². The third kappa shape index (κ3) is 2.36. The van der Waals surface area contributed by atoms with Crippen LogP contribution in [0.4, 0.5) is 0 Å². The summed E-state index contributed by atoms with van der Waals surface area (Å²) >= 11 is 0. The standard InChI is InChI=1S/C13H13N3O/c1-8-4-9(2)12(14-6-8)13-15-10(3)5-11(7-17)16-13/h4-7H,1-3H3. The number of carbonyl (C=O) groups is 1. The number of rotatable bonds is 2. The van der Waals surface area contributed by atoms with Crippen LogP contribution in [0.1, 0.15) is 27.3 Å². The molecule has 0 atom stereocenters. The number of carbonyl (C=O) groups excluding carboxylic acids is 1. The first kappa shape index (κ1) is 11.4. The zero-order chi connectivity index (χ0) is 12.4. The van der Waals surface area contributed by atoms with Crippen LogP contribution in [-0.4, -0.2) is 21.2 Å². The van der Waals surface area contributed by atoms with E-state index in [-0.39, 0.29) is 0 Å². The van der Waals surface area contributed by atoms with Crippen LogP contribution in [-0.2, 0) is 0 Å². The topological polar surface area (TPSA) is 55.7 Å². The van der Waals surface area contributed by atoms with Gasteiger partial charge in [-0.25, -0.2) is 9.97 Å². The summed E-state index contributed by atoms with van der Waals surface area (Å²) in [4.78, 5) is 23.6. The fraction of sp³-hybridized carbons (Fsp3) is 0.231. The highest BCUT2D eigenvalue weighted by Gasteiger charge is 2.09. The zero-order valence-electron chi connectivity index (χ0n) is 10.1. The van der Waals surface area contributed by atoms with Crippen LogP contribution in [0.25, 0.3) is 11.5 Å². The Balaban J connectivity index is 2.59. The lowest BCUT2D eigenvalue weighted by molar-refractivity contribution is 0.111. The molecule has 2 rings (SSSR count). The molecule has 0 spiro atoms. The molecule has 17 heavy (non-hydrogen) atoms. The Labute approximate surface area is 99.8 Å². The first-order valence-electron chi connectivity index (χ1n) is 5.34. The predicted molar refractivity (Wildman–Crippen MR) is 64.9 cm³/mol. The number of aromatic nitrogens is 3. The second-order valence-corrected chi connectivity index (χ2v) is 4.05. The molecule has 0 N–H and O–H groups in total. The van der Waals surface area contributed by atoms with Gasteiger partial charge in [-0.2, -0.15) is 0 Å². The number of hydrogen-bond donors (Lipinski definition) is 0. The van der Waals surface area contributed by atoms with E-state index in [2.05, 4.69) is 15.0 Å². The monoisotopic (exact) mass is 227 g/mol. The first-order valence-corrected chi connectivity index (χ1v) is 5.34. The van der Waals surface area contributed by atoms with Crippen LogP contribution in [0.5, 0.6) is 0 Å². The minimum Gasteiger partial charge on any atom is -0.296 e. The van der Waals surface area contributed by atoms with E-state index in [9.17, 15) is 4.79 Å². The van der Waals surface area contributed by atoms with E-state index in [0.717, 1.165) is 28.8 Å². The maximum Gasteiger partial charge on any atom is 0.179 e. The van der Waals surface area contributed by atoms with Gasteiger partial charge >= 0.3 is 0 Å². The molecule has 2 aromatic heterocycles. The molecule has 0 aliphatic heterocycles. The lowest BCUT2D eigenvalue weighted by Crippen LogP contribution is -2.00. The maximum absolute atomic E-state index is 10.8. The molecule has 0 saturated carbocycles. The number of nitrogens with zero attached hydrogens (tertiary/aromatic N) is 3. The van der Waals surface area contributed by atoms with Crippen LogP contribution < -0.4 is 0 Å². The number of aldehydes is 1. The summed E-state index contributed by atoms with van der Waals surface area (Å²) in [6, 6.07) is 3.68. The average molecular weight is 227 g/mol. The summed E-state index contributed by atoms with van der Waals surface area (Å²) in [6.07, 6.45) is 2.50. The van der Waals surface area contributed by atoms with Gasteiger partial charge in [0.15, 0.2) is 12.1 Å². The summed E-state index contributed by atoms with van der Waals surface area (Å²) in [6.45, 7) is 5.78. The summed E-state index contributed by atoms with van der Waals surface area (Å²) in [7, 11) is 0. The molecule has 0 aliphatic carbocycles. The van der Waals surface area contributed by atoms with Gasteiger partial charge in [-0.1, -0.05) is 6.07 Å². The van der Waals surface area contributed by atoms with Crippen molar-refractivity contribution >= 4 is 6.29 Å². The molecule has 4 nitrogen and oxygen atoms in total. The largest absolute Gasteiger partial charge is 0.296 e. The van der Waals surface area contributed by atoms with Gasteiger partial charge in [-0.15, -0.1) is 0 Å². The summed E-state index contributed by atoms with van der Waals surface area (Å²) in [5, 5.41) is 0. The van der Waals surface area contributed by atoms with Gasteiger partial charge in [0.05, 0.1) is 0 Å². The Kier molecular flexibility index (Phi) is 2.95. The van der Waals surface area contributed by atoms with Gasteiger partial charge < -0.3 is 0 Å². The van der Waals surface area contributed by atoms with E-state index in [1.165, 1.54) is 0 Å². The lowest BCUT2D eigenvalue weighted by Gasteiger charge is -2.05. The quantitative estimate of drug-likeness (QED) is 0.738. The molecule has 0 bridgehead atoms. The molecule has 0 radical (unpaired) electrons. The van der Waals surface area contributed by atoms with Crippen molar-refractivity contribution in [3.63, 3.8) is 0 Å². The molecular formula is C13H13N3O. The van der Waals surface area contributed by atoms with Gasteiger partial charge in [-0.05, 0) is 38.0 Å².